The summed E-state index contributed by atoms with van der Waals surface area (Å²) in [5, 5.41) is 12.6. The van der Waals surface area contributed by atoms with Crippen LogP contribution in [-0.2, 0) is 0 Å². The Morgan fingerprint density at radius 2 is 1.60 bits per heavy atom. The van der Waals surface area contributed by atoms with Crippen LogP contribution < -0.4 is 10.1 Å². The Morgan fingerprint density at radius 3 is 2.12 bits per heavy atom. The highest BCUT2D eigenvalue weighted by atomic mass is 79.9. The van der Waals surface area contributed by atoms with E-state index in [0.717, 1.165) is 0 Å². The van der Waals surface area contributed by atoms with Crippen LogP contribution in [0, 0.1) is 0 Å². The van der Waals surface area contributed by atoms with Crippen LogP contribution in [-0.4, -0.2) is 24.1 Å². The SMILES string of the molecule is COc1cc(Cl)ccc1NC(=O)c1c(Br)c(Br)c(Br)c(Br)c1C(=O)O. The fourth-order valence-corrected chi connectivity index (χ4v) is 4.63. The lowest BCUT2D eigenvalue weighted by Crippen LogP contribution is -2.19. The lowest BCUT2D eigenvalue weighted by Gasteiger charge is -2.16. The summed E-state index contributed by atoms with van der Waals surface area (Å²) in [5.74, 6) is -1.53. The van der Waals surface area contributed by atoms with Crippen LogP contribution in [0.5, 0.6) is 5.75 Å². The van der Waals surface area contributed by atoms with Crippen LogP contribution in [0.25, 0.3) is 0 Å². The number of anilines is 1. The number of hydrogen-bond acceptors (Lipinski definition) is 3. The van der Waals surface area contributed by atoms with Gasteiger partial charge < -0.3 is 15.2 Å². The van der Waals surface area contributed by atoms with Crippen LogP contribution in [0.2, 0.25) is 5.02 Å². The van der Waals surface area contributed by atoms with Crippen molar-refractivity contribution in [1.82, 2.24) is 0 Å². The molecule has 132 valence electrons. The number of benzene rings is 2. The number of methoxy groups -OCH3 is 1. The van der Waals surface area contributed by atoms with Crippen molar-refractivity contribution in [1.29, 1.82) is 0 Å². The predicted molar refractivity (Wildman–Crippen MR) is 110 cm³/mol. The monoisotopic (exact) mass is 617 g/mol. The van der Waals surface area contributed by atoms with E-state index in [-0.39, 0.29) is 15.6 Å². The highest BCUT2D eigenvalue weighted by molar-refractivity contribution is 9.15. The first-order chi connectivity index (χ1) is 11.7. The molecule has 2 rings (SSSR count). The van der Waals surface area contributed by atoms with Gasteiger partial charge >= 0.3 is 5.97 Å². The number of carboxylic acid groups (broad SMARTS) is 1. The summed E-state index contributed by atoms with van der Waals surface area (Å²) >= 11 is 19.0. The van der Waals surface area contributed by atoms with E-state index < -0.39 is 11.9 Å². The lowest BCUT2D eigenvalue weighted by atomic mass is 10.1. The number of nitrogens with one attached hydrogen (secondary N) is 1. The third-order valence-corrected chi connectivity index (χ3v) is 8.12. The number of rotatable bonds is 4. The molecule has 25 heavy (non-hydrogen) atoms. The number of carbonyl (C=O) groups excluding carboxylic acids is 1. The highest BCUT2D eigenvalue weighted by Gasteiger charge is 2.28. The number of hydrogen-bond donors (Lipinski definition) is 2. The molecule has 10 heteroatoms. The van der Waals surface area contributed by atoms with E-state index in [1.165, 1.54) is 13.2 Å². The van der Waals surface area contributed by atoms with E-state index in [1.807, 2.05) is 0 Å². The van der Waals surface area contributed by atoms with Gasteiger partial charge in [0.2, 0.25) is 0 Å². The zero-order valence-corrected chi connectivity index (χ0v) is 19.4. The first kappa shape index (κ1) is 20.7. The molecule has 2 aromatic rings. The van der Waals surface area contributed by atoms with Crippen LogP contribution in [0.3, 0.4) is 0 Å². The average Bonchev–Trinajstić information content (AvgIpc) is 2.56. The third kappa shape index (κ3) is 4.21. The fraction of sp³-hybridized carbons (Fsp3) is 0.0667. The van der Waals surface area contributed by atoms with Crippen molar-refractivity contribution in [3.8, 4) is 5.75 Å². The van der Waals surface area contributed by atoms with E-state index >= 15 is 0 Å². The largest absolute Gasteiger partial charge is 0.495 e. The fourth-order valence-electron chi connectivity index (χ4n) is 2.00. The van der Waals surface area contributed by atoms with Crippen molar-refractivity contribution in [2.75, 3.05) is 12.4 Å². The molecule has 0 aliphatic rings. The summed E-state index contributed by atoms with van der Waals surface area (Å²) < 4.78 is 6.69. The Bertz CT molecular complexity index is 889. The van der Waals surface area contributed by atoms with Gasteiger partial charge in [-0.3, -0.25) is 4.79 Å². The number of carboxylic acids is 1. The zero-order chi connectivity index (χ0) is 18.9. The maximum absolute atomic E-state index is 12.8. The summed E-state index contributed by atoms with van der Waals surface area (Å²) in [6, 6.07) is 4.69. The normalized spacial score (nSPS) is 10.5. The van der Waals surface area contributed by atoms with Crippen LogP contribution in [0.4, 0.5) is 5.69 Å². The number of carbonyl (C=O) groups is 2. The Balaban J connectivity index is 2.59. The van der Waals surface area contributed by atoms with Gasteiger partial charge in [-0.25, -0.2) is 4.79 Å². The summed E-state index contributed by atoms with van der Waals surface area (Å²) in [6.45, 7) is 0. The van der Waals surface area contributed by atoms with Crippen molar-refractivity contribution in [2.45, 2.75) is 0 Å². The summed E-state index contributed by atoms with van der Waals surface area (Å²) in [6.07, 6.45) is 0. The standard InChI is InChI=1S/C15H8Br4ClNO4/c1-25-7-4-5(20)2-3-6(7)21-14(22)8-9(15(23)24)11(17)13(19)12(18)10(8)16/h2-4H,1H3,(H,21,22)(H,23,24). The molecule has 2 aromatic carbocycles. The molecule has 0 atom stereocenters. The topological polar surface area (TPSA) is 75.6 Å². The Labute approximate surface area is 181 Å². The molecule has 0 aliphatic heterocycles. The molecule has 0 saturated carbocycles. The first-order valence-corrected chi connectivity index (χ1v) is 9.98. The maximum Gasteiger partial charge on any atom is 0.337 e. The van der Waals surface area contributed by atoms with Gasteiger partial charge in [0.1, 0.15) is 5.75 Å². The molecule has 0 fully saturated rings. The second-order valence-electron chi connectivity index (χ2n) is 4.61. The maximum atomic E-state index is 12.8. The smallest absolute Gasteiger partial charge is 0.337 e. The van der Waals surface area contributed by atoms with Crippen molar-refractivity contribution in [3.05, 3.63) is 52.2 Å². The molecule has 1 amide bonds. The quantitative estimate of drug-likeness (QED) is 0.309. The molecule has 2 N–H and O–H groups in total. The van der Waals surface area contributed by atoms with E-state index in [2.05, 4.69) is 69.0 Å². The summed E-state index contributed by atoms with van der Waals surface area (Å²) in [4.78, 5) is 24.5. The molecular weight excluding hydrogens is 613 g/mol. The Morgan fingerprint density at radius 1 is 1.04 bits per heavy atom. The second-order valence-corrected chi connectivity index (χ2v) is 8.22. The van der Waals surface area contributed by atoms with E-state index in [0.29, 0.717) is 29.9 Å². The van der Waals surface area contributed by atoms with Crippen LogP contribution >= 0.6 is 75.3 Å². The Hall–Kier alpha value is -0.610. The third-order valence-electron chi connectivity index (χ3n) is 3.12. The van der Waals surface area contributed by atoms with Gasteiger partial charge in [0.05, 0.1) is 23.9 Å². The molecule has 0 aliphatic carbocycles. The van der Waals surface area contributed by atoms with Gasteiger partial charge in [-0.2, -0.15) is 0 Å². The molecule has 5 nitrogen and oxygen atoms in total. The number of aromatic carboxylic acids is 1. The molecule has 0 saturated heterocycles. The van der Waals surface area contributed by atoms with Gasteiger partial charge in [-0.05, 0) is 75.9 Å². The van der Waals surface area contributed by atoms with Crippen LogP contribution in [0.1, 0.15) is 20.7 Å². The number of amides is 1. The lowest BCUT2D eigenvalue weighted by molar-refractivity contribution is 0.0691. The predicted octanol–water partition coefficient (Wildman–Crippen LogP) is 6.35. The molecule has 0 spiro atoms. The summed E-state index contributed by atoms with van der Waals surface area (Å²) in [5.41, 5.74) is 0.120. The molecule has 0 aromatic heterocycles. The van der Waals surface area contributed by atoms with Gasteiger partial charge in [-0.1, -0.05) is 11.6 Å². The second kappa shape index (κ2) is 8.39. The highest BCUT2D eigenvalue weighted by Crippen LogP contribution is 2.42. The molecule has 0 unspecified atom stereocenters. The zero-order valence-electron chi connectivity index (χ0n) is 12.3. The van der Waals surface area contributed by atoms with Gasteiger partial charge in [0.15, 0.2) is 0 Å². The molecule has 0 bridgehead atoms. The molecule has 0 heterocycles. The van der Waals surface area contributed by atoms with Crippen molar-refractivity contribution >= 4 is 92.9 Å². The van der Waals surface area contributed by atoms with E-state index in [9.17, 15) is 14.7 Å². The first-order valence-electron chi connectivity index (χ1n) is 6.43. The minimum atomic E-state index is -1.26. The minimum absolute atomic E-state index is 0.0496. The van der Waals surface area contributed by atoms with E-state index in [1.54, 1.807) is 12.1 Å². The summed E-state index contributed by atoms with van der Waals surface area (Å²) in [7, 11) is 1.44. The molecule has 0 radical (unpaired) electrons. The number of halogens is 5. The van der Waals surface area contributed by atoms with Crippen molar-refractivity contribution in [3.63, 3.8) is 0 Å². The number of ether oxygens (including phenoxy) is 1. The minimum Gasteiger partial charge on any atom is -0.495 e. The average molecular weight is 621 g/mol. The van der Waals surface area contributed by atoms with Gasteiger partial charge in [0, 0.05) is 29.0 Å². The Kier molecular flexibility index (Phi) is 6.94. The van der Waals surface area contributed by atoms with Gasteiger partial charge in [-0.15, -0.1) is 0 Å². The van der Waals surface area contributed by atoms with Crippen molar-refractivity contribution < 1.29 is 19.4 Å². The van der Waals surface area contributed by atoms with Crippen LogP contribution in [0.15, 0.2) is 36.1 Å². The van der Waals surface area contributed by atoms with Crippen molar-refractivity contribution in [2.24, 2.45) is 0 Å². The molecular formula is C15H8Br4ClNO4. The van der Waals surface area contributed by atoms with E-state index in [4.69, 9.17) is 16.3 Å². The van der Waals surface area contributed by atoms with Gasteiger partial charge in [0.25, 0.3) is 5.91 Å².